The Morgan fingerprint density at radius 1 is 1.04 bits per heavy atom. The Bertz CT molecular complexity index is 783. The van der Waals surface area contributed by atoms with E-state index >= 15 is 0 Å². The Labute approximate surface area is 140 Å². The largest absolute Gasteiger partial charge is 0.334 e. The summed E-state index contributed by atoms with van der Waals surface area (Å²) in [5.74, 6) is 0.000958. The van der Waals surface area contributed by atoms with Crippen LogP contribution in [0.25, 0.3) is 11.3 Å². The second kappa shape index (κ2) is 6.75. The molecule has 3 rings (SSSR count). The Morgan fingerprint density at radius 2 is 1.65 bits per heavy atom. The third kappa shape index (κ3) is 3.32. The van der Waals surface area contributed by atoms with Crippen LogP contribution in [0.2, 0.25) is 0 Å². The average Bonchev–Trinajstić information content (AvgIpc) is 3.11. The van der Waals surface area contributed by atoms with Gasteiger partial charge in [0.25, 0.3) is 5.91 Å². The molecule has 3 nitrogen and oxygen atoms in total. The van der Waals surface area contributed by atoms with Crippen molar-refractivity contribution in [3.8, 4) is 11.3 Å². The summed E-state index contributed by atoms with van der Waals surface area (Å²) in [5.41, 5.74) is 3.00. The SMILES string of the molecule is CC(c1ccccc1)N(C)C(=O)c1cc(-c2ccccc2)ns1. The molecule has 0 N–H and O–H groups in total. The molecule has 1 heterocycles. The first-order valence-corrected chi connectivity index (χ1v) is 8.28. The summed E-state index contributed by atoms with van der Waals surface area (Å²) >= 11 is 1.25. The van der Waals surface area contributed by atoms with E-state index in [1.165, 1.54) is 11.5 Å². The Balaban J connectivity index is 1.79. The van der Waals surface area contributed by atoms with E-state index in [2.05, 4.69) is 4.37 Å². The predicted molar refractivity (Wildman–Crippen MR) is 94.5 cm³/mol. The number of aromatic nitrogens is 1. The zero-order chi connectivity index (χ0) is 16.2. The lowest BCUT2D eigenvalue weighted by Crippen LogP contribution is -2.29. The lowest BCUT2D eigenvalue weighted by atomic mass is 10.1. The summed E-state index contributed by atoms with van der Waals surface area (Å²) in [6, 6.07) is 21.8. The van der Waals surface area contributed by atoms with Crippen molar-refractivity contribution in [2.75, 3.05) is 7.05 Å². The number of benzene rings is 2. The third-order valence-electron chi connectivity index (χ3n) is 3.97. The molecule has 0 radical (unpaired) electrons. The van der Waals surface area contributed by atoms with Crippen LogP contribution in [0.4, 0.5) is 0 Å². The first kappa shape index (κ1) is 15.4. The molecule has 3 aromatic rings. The fourth-order valence-electron chi connectivity index (χ4n) is 2.43. The molecule has 0 bridgehead atoms. The molecule has 1 amide bonds. The fourth-order valence-corrected chi connectivity index (χ4v) is 3.17. The zero-order valence-electron chi connectivity index (χ0n) is 13.1. The van der Waals surface area contributed by atoms with Crippen molar-refractivity contribution in [1.82, 2.24) is 9.27 Å². The Morgan fingerprint density at radius 3 is 2.30 bits per heavy atom. The van der Waals surface area contributed by atoms with Gasteiger partial charge in [-0.05, 0) is 30.1 Å². The lowest BCUT2D eigenvalue weighted by Gasteiger charge is -2.24. The molecular weight excluding hydrogens is 304 g/mol. The molecule has 0 spiro atoms. The molecule has 0 fully saturated rings. The maximum absolute atomic E-state index is 12.7. The first-order valence-electron chi connectivity index (χ1n) is 7.51. The van der Waals surface area contributed by atoms with Gasteiger partial charge in [-0.25, -0.2) is 0 Å². The van der Waals surface area contributed by atoms with Gasteiger partial charge in [0.1, 0.15) is 4.88 Å². The highest BCUT2D eigenvalue weighted by molar-refractivity contribution is 7.08. The molecule has 23 heavy (non-hydrogen) atoms. The van der Waals surface area contributed by atoms with E-state index in [4.69, 9.17) is 0 Å². The van der Waals surface area contributed by atoms with Crippen LogP contribution >= 0.6 is 11.5 Å². The highest BCUT2D eigenvalue weighted by atomic mass is 32.1. The predicted octanol–water partition coefficient (Wildman–Crippen LogP) is 4.64. The second-order valence-corrected chi connectivity index (χ2v) is 6.25. The molecular formula is C19H18N2OS. The van der Waals surface area contributed by atoms with Crippen LogP contribution in [0.3, 0.4) is 0 Å². The van der Waals surface area contributed by atoms with Crippen LogP contribution in [-0.4, -0.2) is 22.2 Å². The number of carbonyl (C=O) groups is 1. The normalized spacial score (nSPS) is 11.9. The van der Waals surface area contributed by atoms with E-state index in [1.54, 1.807) is 4.90 Å². The van der Waals surface area contributed by atoms with Gasteiger partial charge in [-0.2, -0.15) is 4.37 Å². The van der Waals surface area contributed by atoms with Crippen molar-refractivity contribution in [2.45, 2.75) is 13.0 Å². The summed E-state index contributed by atoms with van der Waals surface area (Å²) < 4.78 is 4.42. The van der Waals surface area contributed by atoms with Crippen molar-refractivity contribution in [1.29, 1.82) is 0 Å². The monoisotopic (exact) mass is 322 g/mol. The molecule has 0 saturated carbocycles. The highest BCUT2D eigenvalue weighted by Gasteiger charge is 2.21. The van der Waals surface area contributed by atoms with Gasteiger partial charge in [0, 0.05) is 12.6 Å². The van der Waals surface area contributed by atoms with Gasteiger partial charge in [-0.15, -0.1) is 0 Å². The van der Waals surface area contributed by atoms with Crippen LogP contribution < -0.4 is 0 Å². The summed E-state index contributed by atoms with van der Waals surface area (Å²) in [7, 11) is 1.84. The van der Waals surface area contributed by atoms with Crippen molar-refractivity contribution in [3.05, 3.63) is 77.2 Å². The third-order valence-corrected chi connectivity index (χ3v) is 4.75. The van der Waals surface area contributed by atoms with Gasteiger partial charge in [0.15, 0.2) is 0 Å². The average molecular weight is 322 g/mol. The standard InChI is InChI=1S/C19H18N2OS/c1-14(15-9-5-3-6-10-15)21(2)19(22)18-13-17(20-23-18)16-11-7-4-8-12-16/h3-14H,1-2H3. The minimum atomic E-state index is 0.000958. The minimum Gasteiger partial charge on any atom is -0.334 e. The van der Waals surface area contributed by atoms with Gasteiger partial charge < -0.3 is 4.90 Å². The molecule has 0 aliphatic heterocycles. The Kier molecular flexibility index (Phi) is 4.53. The highest BCUT2D eigenvalue weighted by Crippen LogP contribution is 2.25. The smallest absolute Gasteiger partial charge is 0.265 e. The zero-order valence-corrected chi connectivity index (χ0v) is 14.0. The number of rotatable bonds is 4. The molecule has 2 aromatic carbocycles. The molecule has 1 unspecified atom stereocenters. The number of amides is 1. The summed E-state index contributed by atoms with van der Waals surface area (Å²) in [5, 5.41) is 0. The fraction of sp³-hybridized carbons (Fsp3) is 0.158. The topological polar surface area (TPSA) is 33.2 Å². The second-order valence-electron chi connectivity index (χ2n) is 5.45. The van der Waals surface area contributed by atoms with Crippen molar-refractivity contribution in [3.63, 3.8) is 0 Å². The van der Waals surface area contributed by atoms with E-state index in [0.29, 0.717) is 4.88 Å². The van der Waals surface area contributed by atoms with E-state index in [0.717, 1.165) is 16.8 Å². The van der Waals surface area contributed by atoms with Crippen molar-refractivity contribution >= 4 is 17.4 Å². The lowest BCUT2D eigenvalue weighted by molar-refractivity contribution is 0.0747. The van der Waals surface area contributed by atoms with Crippen LogP contribution in [0.5, 0.6) is 0 Å². The molecule has 0 aliphatic carbocycles. The molecule has 4 heteroatoms. The van der Waals surface area contributed by atoms with Crippen LogP contribution in [-0.2, 0) is 0 Å². The maximum atomic E-state index is 12.7. The van der Waals surface area contributed by atoms with E-state index in [9.17, 15) is 4.79 Å². The summed E-state index contributed by atoms with van der Waals surface area (Å²) in [6.45, 7) is 2.03. The van der Waals surface area contributed by atoms with Crippen LogP contribution in [0.1, 0.15) is 28.2 Å². The van der Waals surface area contributed by atoms with Gasteiger partial charge >= 0.3 is 0 Å². The van der Waals surface area contributed by atoms with Gasteiger partial charge in [-0.1, -0.05) is 60.7 Å². The maximum Gasteiger partial charge on any atom is 0.265 e. The molecule has 0 saturated heterocycles. The molecule has 1 atom stereocenters. The summed E-state index contributed by atoms with van der Waals surface area (Å²) in [4.78, 5) is 15.1. The molecule has 0 aliphatic rings. The quantitative estimate of drug-likeness (QED) is 0.701. The van der Waals surface area contributed by atoms with Crippen molar-refractivity contribution in [2.24, 2.45) is 0 Å². The van der Waals surface area contributed by atoms with Gasteiger partial charge in [0.05, 0.1) is 11.7 Å². The van der Waals surface area contributed by atoms with Crippen LogP contribution in [0, 0.1) is 0 Å². The Hall–Kier alpha value is -2.46. The first-order chi connectivity index (χ1) is 11.2. The molecule has 116 valence electrons. The minimum absolute atomic E-state index is 0.000958. The van der Waals surface area contributed by atoms with Crippen LogP contribution in [0.15, 0.2) is 66.7 Å². The number of carbonyl (C=O) groups excluding carboxylic acids is 1. The number of hydrogen-bond donors (Lipinski definition) is 0. The number of hydrogen-bond acceptors (Lipinski definition) is 3. The van der Waals surface area contributed by atoms with Gasteiger partial charge in [-0.3, -0.25) is 4.79 Å². The van der Waals surface area contributed by atoms with E-state index < -0.39 is 0 Å². The van der Waals surface area contributed by atoms with Crippen molar-refractivity contribution < 1.29 is 4.79 Å². The number of nitrogens with zero attached hydrogens (tertiary/aromatic N) is 2. The molecule has 1 aromatic heterocycles. The van der Waals surface area contributed by atoms with Gasteiger partial charge in [0.2, 0.25) is 0 Å². The van der Waals surface area contributed by atoms with E-state index in [1.807, 2.05) is 80.7 Å². The van der Waals surface area contributed by atoms with E-state index in [-0.39, 0.29) is 11.9 Å². The summed E-state index contributed by atoms with van der Waals surface area (Å²) in [6.07, 6.45) is 0.